The molecule has 1 aliphatic rings. The molecule has 0 spiro atoms. The number of benzene rings is 1. The zero-order chi connectivity index (χ0) is 13.2. The first kappa shape index (κ1) is 12.6. The van der Waals surface area contributed by atoms with Gasteiger partial charge in [-0.05, 0) is 61.4 Å². The molecule has 0 aliphatic carbocycles. The lowest BCUT2D eigenvalue weighted by molar-refractivity contribution is 0.0853. The van der Waals surface area contributed by atoms with Crippen LogP contribution in [0.5, 0.6) is 0 Å². The van der Waals surface area contributed by atoms with Crippen LogP contribution in [0, 0.1) is 6.92 Å². The van der Waals surface area contributed by atoms with Crippen LogP contribution in [0.2, 0.25) is 0 Å². The number of nitrogens with zero attached hydrogens (tertiary/aromatic N) is 1. The van der Waals surface area contributed by atoms with E-state index in [1.165, 1.54) is 16.5 Å². The quantitative estimate of drug-likeness (QED) is 0.809. The van der Waals surface area contributed by atoms with E-state index >= 15 is 0 Å². The van der Waals surface area contributed by atoms with Crippen LogP contribution in [0.15, 0.2) is 24.3 Å². The lowest BCUT2D eigenvalue weighted by Gasteiger charge is -2.23. The highest BCUT2D eigenvalue weighted by Gasteiger charge is 2.16. The van der Waals surface area contributed by atoms with Crippen LogP contribution in [0.25, 0.3) is 10.9 Å². The fraction of sp³-hybridized carbons (Fsp3) is 0.471. The van der Waals surface area contributed by atoms with Crippen LogP contribution in [0.1, 0.15) is 42.5 Å². The second kappa shape index (κ2) is 5.30. The normalized spacial score (nSPS) is 16.9. The van der Waals surface area contributed by atoms with Gasteiger partial charge < -0.3 is 4.74 Å². The van der Waals surface area contributed by atoms with Crippen LogP contribution in [0.3, 0.4) is 0 Å². The van der Waals surface area contributed by atoms with Crippen molar-refractivity contribution in [2.24, 2.45) is 0 Å². The summed E-state index contributed by atoms with van der Waals surface area (Å²) in [5, 5.41) is 1.33. The van der Waals surface area contributed by atoms with Crippen LogP contribution in [-0.4, -0.2) is 18.2 Å². The van der Waals surface area contributed by atoms with E-state index < -0.39 is 0 Å². The molecule has 0 radical (unpaired) electrons. The summed E-state index contributed by atoms with van der Waals surface area (Å²) in [7, 11) is 0. The minimum atomic E-state index is 0.657. The average molecular weight is 255 g/mol. The predicted octanol–water partition coefficient (Wildman–Crippen LogP) is 4.00. The minimum Gasteiger partial charge on any atom is -0.381 e. The molecule has 0 amide bonds. The Bertz CT molecular complexity index is 585. The van der Waals surface area contributed by atoms with E-state index in [4.69, 9.17) is 4.74 Å². The molecule has 2 heteroatoms. The van der Waals surface area contributed by atoms with Crippen LogP contribution < -0.4 is 0 Å². The molecule has 100 valence electrons. The Kier molecular flexibility index (Phi) is 3.52. The number of fused-ring (bicyclic) bond motifs is 1. The van der Waals surface area contributed by atoms with Gasteiger partial charge in [0.2, 0.25) is 0 Å². The third-order valence-electron chi connectivity index (χ3n) is 4.12. The van der Waals surface area contributed by atoms with E-state index in [2.05, 4.69) is 43.1 Å². The first-order valence-corrected chi connectivity index (χ1v) is 7.26. The minimum absolute atomic E-state index is 0.657. The molecule has 2 nitrogen and oxygen atoms in total. The third-order valence-corrected chi connectivity index (χ3v) is 4.12. The van der Waals surface area contributed by atoms with Crippen molar-refractivity contribution >= 4 is 10.9 Å². The van der Waals surface area contributed by atoms with E-state index in [1.54, 1.807) is 0 Å². The van der Waals surface area contributed by atoms with Crippen LogP contribution in [-0.2, 0) is 11.2 Å². The summed E-state index contributed by atoms with van der Waals surface area (Å²) < 4.78 is 5.46. The average Bonchev–Trinajstić information content (AvgIpc) is 2.46. The summed E-state index contributed by atoms with van der Waals surface area (Å²) in [4.78, 5) is 4.65. The van der Waals surface area contributed by atoms with Crippen molar-refractivity contribution in [3.05, 3.63) is 41.1 Å². The van der Waals surface area contributed by atoms with Crippen molar-refractivity contribution in [3.63, 3.8) is 0 Å². The third kappa shape index (κ3) is 2.50. The Hall–Kier alpha value is -1.41. The summed E-state index contributed by atoms with van der Waals surface area (Å²) in [6, 6.07) is 9.02. The van der Waals surface area contributed by atoms with Crippen molar-refractivity contribution in [1.29, 1.82) is 0 Å². The number of pyridine rings is 1. The zero-order valence-electron chi connectivity index (χ0n) is 11.8. The van der Waals surface area contributed by atoms with Crippen molar-refractivity contribution in [2.45, 2.75) is 39.0 Å². The second-order valence-corrected chi connectivity index (χ2v) is 5.44. The molecule has 0 N–H and O–H groups in total. The number of hydrogen-bond donors (Lipinski definition) is 0. The van der Waals surface area contributed by atoms with Gasteiger partial charge in [0.25, 0.3) is 0 Å². The number of ether oxygens (including phenoxy) is 1. The van der Waals surface area contributed by atoms with Crippen molar-refractivity contribution in [3.8, 4) is 0 Å². The number of hydrogen-bond acceptors (Lipinski definition) is 2. The van der Waals surface area contributed by atoms with Crippen LogP contribution in [0.4, 0.5) is 0 Å². The maximum atomic E-state index is 5.46. The topological polar surface area (TPSA) is 22.1 Å². The molecule has 1 aromatic heterocycles. The zero-order valence-corrected chi connectivity index (χ0v) is 11.8. The highest BCUT2D eigenvalue weighted by Crippen LogP contribution is 2.30. The molecule has 2 heterocycles. The second-order valence-electron chi connectivity index (χ2n) is 5.44. The van der Waals surface area contributed by atoms with Crippen LogP contribution >= 0.6 is 0 Å². The molecule has 1 aliphatic heterocycles. The van der Waals surface area contributed by atoms with E-state index in [-0.39, 0.29) is 0 Å². The molecule has 0 atom stereocenters. The smallest absolute Gasteiger partial charge is 0.0708 e. The van der Waals surface area contributed by atoms with E-state index in [9.17, 15) is 0 Å². The van der Waals surface area contributed by atoms with Gasteiger partial charge in [-0.15, -0.1) is 0 Å². The SMILES string of the molecule is CCc1cc(C)nc2ccc(C3CCOCC3)cc12. The predicted molar refractivity (Wildman–Crippen MR) is 78.7 cm³/mol. The monoisotopic (exact) mass is 255 g/mol. The van der Waals surface area contributed by atoms with Gasteiger partial charge in [-0.3, -0.25) is 4.98 Å². The molecular weight excluding hydrogens is 234 g/mol. The lowest BCUT2D eigenvalue weighted by atomic mass is 9.90. The molecule has 1 saturated heterocycles. The maximum absolute atomic E-state index is 5.46. The molecule has 0 bridgehead atoms. The summed E-state index contributed by atoms with van der Waals surface area (Å²) >= 11 is 0. The Morgan fingerprint density at radius 2 is 2.00 bits per heavy atom. The van der Waals surface area contributed by atoms with Crippen molar-refractivity contribution in [2.75, 3.05) is 13.2 Å². The molecule has 0 saturated carbocycles. The standard InChI is InChI=1S/C17H21NO/c1-3-13-10-12(2)18-17-5-4-15(11-16(13)17)14-6-8-19-9-7-14/h4-5,10-11,14H,3,6-9H2,1-2H3. The Labute approximate surface area is 114 Å². The van der Waals surface area contributed by atoms with E-state index in [0.29, 0.717) is 5.92 Å². The first-order valence-electron chi connectivity index (χ1n) is 7.26. The van der Waals surface area contributed by atoms with E-state index in [0.717, 1.165) is 43.7 Å². The van der Waals surface area contributed by atoms with Crippen molar-refractivity contribution in [1.82, 2.24) is 4.98 Å². The van der Waals surface area contributed by atoms with Gasteiger partial charge in [0, 0.05) is 24.3 Å². The number of aryl methyl sites for hydroxylation is 2. The summed E-state index contributed by atoms with van der Waals surface area (Å²) in [6.45, 7) is 6.09. The Morgan fingerprint density at radius 1 is 1.21 bits per heavy atom. The number of rotatable bonds is 2. The lowest BCUT2D eigenvalue weighted by Crippen LogP contribution is -2.14. The molecule has 1 fully saturated rings. The van der Waals surface area contributed by atoms with Gasteiger partial charge in [0.1, 0.15) is 0 Å². The van der Waals surface area contributed by atoms with Gasteiger partial charge in [-0.25, -0.2) is 0 Å². The molecule has 1 aromatic carbocycles. The summed E-state index contributed by atoms with van der Waals surface area (Å²) in [5.74, 6) is 0.657. The van der Waals surface area contributed by atoms with Gasteiger partial charge in [-0.1, -0.05) is 13.0 Å². The Balaban J connectivity index is 2.06. The molecule has 3 rings (SSSR count). The fourth-order valence-electron chi connectivity index (χ4n) is 3.04. The molecule has 19 heavy (non-hydrogen) atoms. The first-order chi connectivity index (χ1) is 9.28. The molecule has 2 aromatic rings. The van der Waals surface area contributed by atoms with Gasteiger partial charge in [0.15, 0.2) is 0 Å². The van der Waals surface area contributed by atoms with Gasteiger partial charge in [0.05, 0.1) is 5.52 Å². The van der Waals surface area contributed by atoms with Gasteiger partial charge >= 0.3 is 0 Å². The van der Waals surface area contributed by atoms with Crippen molar-refractivity contribution < 1.29 is 4.74 Å². The highest BCUT2D eigenvalue weighted by molar-refractivity contribution is 5.83. The number of aromatic nitrogens is 1. The fourth-order valence-corrected chi connectivity index (χ4v) is 3.04. The summed E-state index contributed by atoms with van der Waals surface area (Å²) in [5.41, 5.74) is 5.11. The van der Waals surface area contributed by atoms with Gasteiger partial charge in [-0.2, -0.15) is 0 Å². The largest absolute Gasteiger partial charge is 0.381 e. The Morgan fingerprint density at radius 3 is 2.74 bits per heavy atom. The molecule has 0 unspecified atom stereocenters. The summed E-state index contributed by atoms with van der Waals surface area (Å²) in [6.07, 6.45) is 3.36. The highest BCUT2D eigenvalue weighted by atomic mass is 16.5. The maximum Gasteiger partial charge on any atom is 0.0708 e. The van der Waals surface area contributed by atoms with E-state index in [1.807, 2.05) is 0 Å². The molecular formula is C17H21NO.